The van der Waals surface area contributed by atoms with E-state index in [1.54, 1.807) is 0 Å². The first-order valence-corrected chi connectivity index (χ1v) is 2.73. The van der Waals surface area contributed by atoms with Gasteiger partial charge in [0, 0.05) is 0 Å². The van der Waals surface area contributed by atoms with Crippen LogP contribution in [0, 0.1) is 0 Å². The lowest BCUT2D eigenvalue weighted by Crippen LogP contribution is -2.14. The number of carbonyl (C=O) groups excluding carboxylic acids is 2. The number of rotatable bonds is 4. The number of esters is 2. The minimum Gasteiger partial charge on any atom is -0.438 e. The first kappa shape index (κ1) is 9.86. The Hall–Kier alpha value is -1.14. The largest absolute Gasteiger partial charge is 0.438 e. The van der Waals surface area contributed by atoms with Crippen LogP contribution in [-0.4, -0.2) is 35.7 Å². The maximum Gasteiger partial charge on any atom is 0.319 e. The Balaban J connectivity index is 3.49. The first-order valence-electron chi connectivity index (χ1n) is 2.73. The maximum absolute atomic E-state index is 10.4. The number of hydrogen-bond acceptors (Lipinski definition) is 6. The van der Waals surface area contributed by atoms with E-state index < -0.39 is 31.9 Å². The monoisotopic (exact) mass is 164 g/mol. The van der Waals surface area contributed by atoms with Crippen LogP contribution >= 0.6 is 0 Å². The van der Waals surface area contributed by atoms with Crippen molar-refractivity contribution in [3.8, 4) is 0 Å². The average molecular weight is 164 g/mol. The van der Waals surface area contributed by atoms with Crippen LogP contribution in [0.2, 0.25) is 0 Å². The van der Waals surface area contributed by atoms with Crippen LogP contribution in [0.15, 0.2) is 0 Å². The predicted molar refractivity (Wildman–Crippen MR) is 31.0 cm³/mol. The highest BCUT2D eigenvalue weighted by atomic mass is 16.6. The van der Waals surface area contributed by atoms with Gasteiger partial charge in [-0.3, -0.25) is 9.59 Å². The zero-order valence-electron chi connectivity index (χ0n) is 5.65. The second kappa shape index (κ2) is 5.63. The molecule has 6 heteroatoms. The topological polar surface area (TPSA) is 93.1 Å². The highest BCUT2D eigenvalue weighted by Crippen LogP contribution is 1.88. The van der Waals surface area contributed by atoms with Gasteiger partial charge in [-0.1, -0.05) is 0 Å². The van der Waals surface area contributed by atoms with Gasteiger partial charge < -0.3 is 19.7 Å². The summed E-state index contributed by atoms with van der Waals surface area (Å²) in [5.74, 6) is -1.79. The number of hydrogen-bond donors (Lipinski definition) is 2. The fraction of sp³-hybridized carbons (Fsp3) is 0.600. The highest BCUT2D eigenvalue weighted by Gasteiger charge is 2.10. The van der Waals surface area contributed by atoms with E-state index in [9.17, 15) is 9.59 Å². The molecule has 0 amide bonds. The summed E-state index contributed by atoms with van der Waals surface area (Å²) < 4.78 is 7.99. The Morgan fingerprint density at radius 2 is 1.36 bits per heavy atom. The van der Waals surface area contributed by atoms with E-state index in [1.165, 1.54) is 0 Å². The van der Waals surface area contributed by atoms with Crippen LogP contribution in [0.4, 0.5) is 0 Å². The molecule has 0 atom stereocenters. The Bertz CT molecular complexity index is 126. The highest BCUT2D eigenvalue weighted by molar-refractivity contribution is 5.91. The van der Waals surface area contributed by atoms with Crippen LogP contribution in [0.1, 0.15) is 6.42 Å². The van der Waals surface area contributed by atoms with Gasteiger partial charge in [-0.2, -0.15) is 0 Å². The van der Waals surface area contributed by atoms with E-state index in [0.29, 0.717) is 0 Å². The summed E-state index contributed by atoms with van der Waals surface area (Å²) in [6.45, 7) is -1.55. The molecule has 0 radical (unpaired) electrons. The number of ether oxygens (including phenoxy) is 2. The molecule has 0 unspecified atom stereocenters. The number of aliphatic hydroxyl groups is 2. The lowest BCUT2D eigenvalue weighted by molar-refractivity contribution is -0.162. The third-order valence-electron chi connectivity index (χ3n) is 0.740. The molecule has 0 aromatic rings. The van der Waals surface area contributed by atoms with Gasteiger partial charge in [0.2, 0.25) is 0 Å². The Morgan fingerprint density at radius 1 is 1.00 bits per heavy atom. The van der Waals surface area contributed by atoms with E-state index >= 15 is 0 Å². The molecule has 0 heterocycles. The van der Waals surface area contributed by atoms with Crippen molar-refractivity contribution in [1.82, 2.24) is 0 Å². The predicted octanol–water partition coefficient (Wildman–Crippen LogP) is -1.64. The summed E-state index contributed by atoms with van der Waals surface area (Å²) in [5, 5.41) is 16.1. The van der Waals surface area contributed by atoms with Crippen LogP contribution in [0.25, 0.3) is 0 Å². The van der Waals surface area contributed by atoms with Crippen LogP contribution in [0.3, 0.4) is 0 Å². The molecule has 64 valence electrons. The minimum absolute atomic E-state index is 0.610. The summed E-state index contributed by atoms with van der Waals surface area (Å²) in [4.78, 5) is 20.7. The van der Waals surface area contributed by atoms with E-state index in [0.717, 1.165) is 0 Å². The molecular formula is C5H8O6. The van der Waals surface area contributed by atoms with Crippen molar-refractivity contribution < 1.29 is 29.3 Å². The zero-order valence-corrected chi connectivity index (χ0v) is 5.65. The lowest BCUT2D eigenvalue weighted by atomic mass is 10.4. The molecule has 0 fully saturated rings. The third kappa shape index (κ3) is 5.31. The smallest absolute Gasteiger partial charge is 0.319 e. The van der Waals surface area contributed by atoms with Gasteiger partial charge in [0.1, 0.15) is 6.42 Å². The molecular weight excluding hydrogens is 156 g/mol. The van der Waals surface area contributed by atoms with Gasteiger partial charge >= 0.3 is 11.9 Å². The van der Waals surface area contributed by atoms with Crippen LogP contribution in [-0.2, 0) is 19.1 Å². The second-order valence-electron chi connectivity index (χ2n) is 1.47. The number of aliphatic hydroxyl groups excluding tert-OH is 2. The van der Waals surface area contributed by atoms with Gasteiger partial charge in [0.25, 0.3) is 0 Å². The molecule has 0 bridgehead atoms. The standard InChI is InChI=1S/C5H8O6/c6-2-10-4(8)1-5(9)11-3-7/h6-7H,1-3H2. The van der Waals surface area contributed by atoms with Crippen LogP contribution < -0.4 is 0 Å². The fourth-order valence-corrected chi connectivity index (χ4v) is 0.364. The van der Waals surface area contributed by atoms with Gasteiger partial charge in [-0.15, -0.1) is 0 Å². The van der Waals surface area contributed by atoms with Crippen molar-refractivity contribution >= 4 is 11.9 Å². The molecule has 2 N–H and O–H groups in total. The van der Waals surface area contributed by atoms with Crippen molar-refractivity contribution in [3.05, 3.63) is 0 Å². The first-order chi connectivity index (χ1) is 5.20. The Labute approximate surface area is 62.3 Å². The molecule has 11 heavy (non-hydrogen) atoms. The van der Waals surface area contributed by atoms with Gasteiger partial charge in [-0.25, -0.2) is 0 Å². The third-order valence-corrected chi connectivity index (χ3v) is 0.740. The van der Waals surface area contributed by atoms with Crippen molar-refractivity contribution in [2.75, 3.05) is 13.6 Å². The van der Waals surface area contributed by atoms with Crippen molar-refractivity contribution in [1.29, 1.82) is 0 Å². The van der Waals surface area contributed by atoms with Crippen molar-refractivity contribution in [2.24, 2.45) is 0 Å². The summed E-state index contributed by atoms with van der Waals surface area (Å²) in [7, 11) is 0. The van der Waals surface area contributed by atoms with E-state index in [4.69, 9.17) is 10.2 Å². The fourth-order valence-electron chi connectivity index (χ4n) is 0.364. The summed E-state index contributed by atoms with van der Waals surface area (Å²) in [6.07, 6.45) is -0.610. The molecule has 0 aliphatic rings. The van der Waals surface area contributed by atoms with Gasteiger partial charge in [-0.05, 0) is 0 Å². The molecule has 6 nitrogen and oxygen atoms in total. The summed E-state index contributed by atoms with van der Waals surface area (Å²) in [5.41, 5.74) is 0. The zero-order chi connectivity index (χ0) is 8.69. The lowest BCUT2D eigenvalue weighted by Gasteiger charge is -1.99. The van der Waals surface area contributed by atoms with Crippen LogP contribution in [0.5, 0.6) is 0 Å². The number of carbonyl (C=O) groups is 2. The summed E-state index contributed by atoms with van der Waals surface area (Å²) >= 11 is 0. The minimum atomic E-state index is -0.897. The quantitative estimate of drug-likeness (QED) is 0.294. The van der Waals surface area contributed by atoms with Gasteiger partial charge in [0.05, 0.1) is 0 Å². The molecule has 0 aliphatic carbocycles. The molecule has 0 aliphatic heterocycles. The molecule has 0 spiro atoms. The average Bonchev–Trinajstić information content (AvgIpc) is 1.87. The maximum atomic E-state index is 10.4. The molecule has 0 saturated carbocycles. The Morgan fingerprint density at radius 3 is 1.64 bits per heavy atom. The van der Waals surface area contributed by atoms with Gasteiger partial charge in [0.15, 0.2) is 13.6 Å². The SMILES string of the molecule is O=C(CC(=O)OCO)OCO. The van der Waals surface area contributed by atoms with E-state index in [-0.39, 0.29) is 0 Å². The Kier molecular flexibility index (Phi) is 5.05. The molecule has 0 rings (SSSR count). The summed E-state index contributed by atoms with van der Waals surface area (Å²) in [6, 6.07) is 0. The normalized spacial score (nSPS) is 8.91. The van der Waals surface area contributed by atoms with Crippen molar-refractivity contribution in [3.63, 3.8) is 0 Å². The molecule has 0 saturated heterocycles. The molecule has 0 aromatic heterocycles. The molecule has 0 aromatic carbocycles. The van der Waals surface area contributed by atoms with Crippen molar-refractivity contribution in [2.45, 2.75) is 6.42 Å². The second-order valence-corrected chi connectivity index (χ2v) is 1.47. The van der Waals surface area contributed by atoms with E-state index in [1.807, 2.05) is 0 Å². The van der Waals surface area contributed by atoms with E-state index in [2.05, 4.69) is 9.47 Å².